The molecule has 0 amide bonds. The van der Waals surface area contributed by atoms with Crippen molar-refractivity contribution in [3.05, 3.63) is 16.6 Å². The first kappa shape index (κ1) is 19.6. The minimum Gasteiger partial charge on any atom is -0.427 e. The van der Waals surface area contributed by atoms with Gasteiger partial charge in [-0.2, -0.15) is 18.6 Å². The molecule has 3 aliphatic carbocycles. The second kappa shape index (κ2) is 7.28. The lowest BCUT2D eigenvalue weighted by Gasteiger charge is -2.62. The number of fused-ring (bicyclic) bond motifs is 2. The van der Waals surface area contributed by atoms with Crippen molar-refractivity contribution in [2.24, 2.45) is 23.2 Å². The largest absolute Gasteiger partial charge is 0.427 e. The minimum absolute atomic E-state index is 0.111. The SMILES string of the molecule is C[C@H]1C(Nc2cnn(C3CCCCO3)c(=O)c2OC(F)F)C[C@H]2C[C@@H]1C2(C)C. The number of alkyl halides is 2. The van der Waals surface area contributed by atoms with Gasteiger partial charge in [0.25, 0.3) is 0 Å². The van der Waals surface area contributed by atoms with E-state index in [-0.39, 0.29) is 17.5 Å². The Labute approximate surface area is 163 Å². The summed E-state index contributed by atoms with van der Waals surface area (Å²) in [4.78, 5) is 12.8. The number of rotatable bonds is 5. The Morgan fingerprint density at radius 2 is 2.14 bits per heavy atom. The summed E-state index contributed by atoms with van der Waals surface area (Å²) in [5.41, 5.74) is -0.112. The number of aromatic nitrogens is 2. The maximum absolute atomic E-state index is 13.0. The first-order valence-corrected chi connectivity index (χ1v) is 10.2. The topological polar surface area (TPSA) is 65.4 Å². The van der Waals surface area contributed by atoms with Gasteiger partial charge in [0.1, 0.15) is 5.69 Å². The maximum atomic E-state index is 13.0. The molecule has 4 fully saturated rings. The van der Waals surface area contributed by atoms with Crippen LogP contribution in [-0.4, -0.2) is 29.0 Å². The van der Waals surface area contributed by atoms with Gasteiger partial charge < -0.3 is 14.8 Å². The van der Waals surface area contributed by atoms with Crippen molar-refractivity contribution >= 4 is 5.69 Å². The van der Waals surface area contributed by atoms with E-state index >= 15 is 0 Å². The van der Waals surface area contributed by atoms with E-state index in [2.05, 4.69) is 35.9 Å². The molecule has 8 heteroatoms. The molecule has 1 aromatic rings. The highest BCUT2D eigenvalue weighted by Crippen LogP contribution is 2.61. The summed E-state index contributed by atoms with van der Waals surface area (Å²) in [5, 5.41) is 7.51. The zero-order valence-electron chi connectivity index (χ0n) is 16.7. The molecule has 1 aliphatic heterocycles. The Bertz CT molecular complexity index is 776. The second-order valence-electron chi connectivity index (χ2n) is 9.04. The van der Waals surface area contributed by atoms with Gasteiger partial charge >= 0.3 is 12.2 Å². The fraction of sp³-hybridized carbons (Fsp3) is 0.800. The summed E-state index contributed by atoms with van der Waals surface area (Å²) in [6.07, 6.45) is 5.52. The Kier molecular flexibility index (Phi) is 5.10. The van der Waals surface area contributed by atoms with E-state index in [1.54, 1.807) is 0 Å². The molecule has 1 saturated heterocycles. The number of nitrogens with zero attached hydrogens (tertiary/aromatic N) is 2. The molecule has 28 heavy (non-hydrogen) atoms. The Balaban J connectivity index is 1.60. The van der Waals surface area contributed by atoms with Crippen molar-refractivity contribution in [2.45, 2.75) is 71.8 Å². The second-order valence-corrected chi connectivity index (χ2v) is 9.04. The molecule has 6 nitrogen and oxygen atoms in total. The third-order valence-electron chi connectivity index (χ3n) is 7.29. The normalized spacial score (nSPS) is 34.0. The van der Waals surface area contributed by atoms with Gasteiger partial charge in [-0.25, -0.2) is 0 Å². The number of halogens is 2. The summed E-state index contributed by atoms with van der Waals surface area (Å²) in [6.45, 7) is 4.25. The lowest BCUT2D eigenvalue weighted by Crippen LogP contribution is -2.58. The summed E-state index contributed by atoms with van der Waals surface area (Å²) in [7, 11) is 0. The minimum atomic E-state index is -3.08. The molecular formula is C20H29F2N3O3. The van der Waals surface area contributed by atoms with Crippen LogP contribution in [0.3, 0.4) is 0 Å². The predicted octanol–water partition coefficient (Wildman–Crippen LogP) is 4.03. The van der Waals surface area contributed by atoms with E-state index in [4.69, 9.17) is 4.74 Å². The van der Waals surface area contributed by atoms with E-state index in [1.165, 1.54) is 12.6 Å². The van der Waals surface area contributed by atoms with Crippen LogP contribution in [0.4, 0.5) is 14.5 Å². The van der Waals surface area contributed by atoms with Gasteiger partial charge in [-0.15, -0.1) is 0 Å². The van der Waals surface area contributed by atoms with E-state index in [1.807, 2.05) is 0 Å². The first-order valence-electron chi connectivity index (χ1n) is 10.2. The van der Waals surface area contributed by atoms with E-state index < -0.39 is 18.4 Å². The lowest BCUT2D eigenvalue weighted by molar-refractivity contribution is -0.105. The highest BCUT2D eigenvalue weighted by molar-refractivity contribution is 5.54. The standard InChI is InChI=1S/C20H29F2N3O3/c1-11-13-8-12(20(13,2)3)9-14(11)24-15-10-23-25(16-6-4-5-7-27-16)18(26)17(15)28-19(21)22/h10-14,16,19,24H,4-9H2,1-3H3/t11-,12-,13+,14?,16?/m1/s1. The number of ether oxygens (including phenoxy) is 2. The fourth-order valence-corrected chi connectivity index (χ4v) is 5.42. The number of anilines is 1. The molecule has 4 aliphatic rings. The third kappa shape index (κ3) is 3.29. The van der Waals surface area contributed by atoms with Crippen LogP contribution < -0.4 is 15.6 Å². The van der Waals surface area contributed by atoms with Crippen LogP contribution in [0.15, 0.2) is 11.0 Å². The van der Waals surface area contributed by atoms with Crippen LogP contribution >= 0.6 is 0 Å². The molecule has 0 spiro atoms. The molecule has 1 N–H and O–H groups in total. The van der Waals surface area contributed by atoms with Gasteiger partial charge in [0.15, 0.2) is 6.23 Å². The Hall–Kier alpha value is -1.70. The summed E-state index contributed by atoms with van der Waals surface area (Å²) < 4.78 is 37.4. The molecule has 156 valence electrons. The average Bonchev–Trinajstić information content (AvgIpc) is 2.66. The smallest absolute Gasteiger partial charge is 0.387 e. The fourth-order valence-electron chi connectivity index (χ4n) is 5.42. The number of hydrogen-bond acceptors (Lipinski definition) is 5. The van der Waals surface area contributed by atoms with Gasteiger partial charge in [-0.3, -0.25) is 4.79 Å². The number of nitrogens with one attached hydrogen (secondary N) is 1. The van der Waals surface area contributed by atoms with Crippen LogP contribution in [0.1, 0.15) is 59.1 Å². The van der Waals surface area contributed by atoms with Gasteiger partial charge in [-0.1, -0.05) is 20.8 Å². The molecule has 5 rings (SSSR count). The predicted molar refractivity (Wildman–Crippen MR) is 101 cm³/mol. The summed E-state index contributed by atoms with van der Waals surface area (Å²) in [5.74, 6) is 1.20. The van der Waals surface area contributed by atoms with E-state index in [0.717, 1.165) is 23.9 Å². The molecule has 2 unspecified atom stereocenters. The van der Waals surface area contributed by atoms with Crippen molar-refractivity contribution in [3.8, 4) is 5.75 Å². The molecule has 0 radical (unpaired) electrons. The molecule has 3 saturated carbocycles. The van der Waals surface area contributed by atoms with Gasteiger partial charge in [0.2, 0.25) is 5.75 Å². The van der Waals surface area contributed by atoms with Crippen LogP contribution in [0.5, 0.6) is 5.75 Å². The molecule has 5 atom stereocenters. The quantitative estimate of drug-likeness (QED) is 0.813. The molecule has 2 heterocycles. The average molecular weight is 397 g/mol. The highest BCUT2D eigenvalue weighted by Gasteiger charge is 2.56. The summed E-state index contributed by atoms with van der Waals surface area (Å²) >= 11 is 0. The molecule has 1 aromatic heterocycles. The number of hydrogen-bond donors (Lipinski definition) is 1. The monoisotopic (exact) mass is 397 g/mol. The van der Waals surface area contributed by atoms with Crippen LogP contribution in [-0.2, 0) is 4.74 Å². The lowest BCUT2D eigenvalue weighted by atomic mass is 9.45. The Morgan fingerprint density at radius 1 is 1.36 bits per heavy atom. The molecule has 2 bridgehead atoms. The van der Waals surface area contributed by atoms with Crippen molar-refractivity contribution in [1.29, 1.82) is 0 Å². The molecular weight excluding hydrogens is 368 g/mol. The van der Waals surface area contributed by atoms with E-state index in [9.17, 15) is 13.6 Å². The van der Waals surface area contributed by atoms with E-state index in [0.29, 0.717) is 36.2 Å². The van der Waals surface area contributed by atoms with Crippen molar-refractivity contribution in [2.75, 3.05) is 11.9 Å². The Morgan fingerprint density at radius 3 is 2.75 bits per heavy atom. The van der Waals surface area contributed by atoms with Gasteiger partial charge in [0.05, 0.1) is 6.20 Å². The van der Waals surface area contributed by atoms with Crippen LogP contribution in [0.2, 0.25) is 0 Å². The highest BCUT2D eigenvalue weighted by atomic mass is 19.3. The van der Waals surface area contributed by atoms with Gasteiger partial charge in [0, 0.05) is 12.6 Å². The first-order chi connectivity index (χ1) is 13.3. The summed E-state index contributed by atoms with van der Waals surface area (Å²) in [6, 6.07) is 0.111. The van der Waals surface area contributed by atoms with Crippen LogP contribution in [0.25, 0.3) is 0 Å². The van der Waals surface area contributed by atoms with Crippen molar-refractivity contribution in [3.63, 3.8) is 0 Å². The molecule has 0 aromatic carbocycles. The van der Waals surface area contributed by atoms with Crippen LogP contribution in [0, 0.1) is 23.2 Å². The van der Waals surface area contributed by atoms with Gasteiger partial charge in [-0.05, 0) is 55.3 Å². The maximum Gasteiger partial charge on any atom is 0.387 e. The third-order valence-corrected chi connectivity index (χ3v) is 7.29. The van der Waals surface area contributed by atoms with Crippen molar-refractivity contribution in [1.82, 2.24) is 9.78 Å². The van der Waals surface area contributed by atoms with Crippen molar-refractivity contribution < 1.29 is 18.3 Å². The zero-order valence-corrected chi connectivity index (χ0v) is 16.7. The zero-order chi connectivity index (χ0) is 20.1.